The number of benzene rings is 1. The van der Waals surface area contributed by atoms with Gasteiger partial charge >= 0.3 is 5.97 Å². The number of carbonyl (C=O) groups excluding carboxylic acids is 1. The standard InChI is InChI=1S/C20H22FN7O5/c1-8-4-11(10-5-9(21)2-3-12(10)24-8)16(30)33-14-6-28-18(23)25-13(7-29)15-19(28,20(14,31)32)27-17(22)26-15/h2-5,13-15,29,31-32H,6-7H2,1H3,(H2,23,25)(H3,22,26,27)/t13-,14-,15-,19-/m0/s1. The predicted molar refractivity (Wildman–Crippen MR) is 112 cm³/mol. The molecule has 33 heavy (non-hydrogen) atoms. The zero-order valence-electron chi connectivity index (χ0n) is 17.4. The fraction of sp³-hybridized carbons (Fsp3) is 0.400. The van der Waals surface area contributed by atoms with Gasteiger partial charge in [-0.15, -0.1) is 0 Å². The second-order valence-electron chi connectivity index (χ2n) is 8.37. The highest BCUT2D eigenvalue weighted by atomic mass is 19.1. The largest absolute Gasteiger partial charge is 0.451 e. The van der Waals surface area contributed by atoms with Gasteiger partial charge in [-0.1, -0.05) is 0 Å². The molecule has 0 unspecified atom stereocenters. The lowest BCUT2D eigenvalue weighted by Gasteiger charge is -2.50. The summed E-state index contributed by atoms with van der Waals surface area (Å²) in [5, 5.41) is 56.8. The molecule has 0 bridgehead atoms. The van der Waals surface area contributed by atoms with E-state index in [0.29, 0.717) is 11.2 Å². The number of halogens is 1. The van der Waals surface area contributed by atoms with Crippen molar-refractivity contribution in [1.82, 2.24) is 25.8 Å². The van der Waals surface area contributed by atoms with Crippen molar-refractivity contribution in [2.75, 3.05) is 13.2 Å². The molecule has 13 heteroatoms. The van der Waals surface area contributed by atoms with Crippen LogP contribution in [0.1, 0.15) is 16.1 Å². The maximum Gasteiger partial charge on any atom is 0.339 e. The number of aliphatic hydroxyl groups excluding tert-OH is 1. The molecule has 174 valence electrons. The summed E-state index contributed by atoms with van der Waals surface area (Å²) in [5.74, 6) is -4.76. The minimum Gasteiger partial charge on any atom is -0.451 e. The minimum absolute atomic E-state index is 0.00147. The summed E-state index contributed by atoms with van der Waals surface area (Å²) in [5.41, 5.74) is -1.00. The number of pyridine rings is 1. The Morgan fingerprint density at radius 2 is 2.09 bits per heavy atom. The van der Waals surface area contributed by atoms with E-state index in [9.17, 15) is 24.5 Å². The second-order valence-corrected chi connectivity index (χ2v) is 8.37. The number of hydrogen-bond donors (Lipinski definition) is 8. The Kier molecular flexibility index (Phi) is 4.50. The third-order valence-corrected chi connectivity index (χ3v) is 6.41. The van der Waals surface area contributed by atoms with Gasteiger partial charge in [-0.3, -0.25) is 15.8 Å². The molecule has 1 aromatic heterocycles. The van der Waals surface area contributed by atoms with Crippen molar-refractivity contribution in [1.29, 1.82) is 10.8 Å². The average molecular weight is 459 g/mol. The van der Waals surface area contributed by atoms with Gasteiger partial charge < -0.3 is 40.9 Å². The van der Waals surface area contributed by atoms with E-state index < -0.39 is 48.0 Å². The van der Waals surface area contributed by atoms with Gasteiger partial charge in [-0.25, -0.2) is 9.18 Å². The fourth-order valence-corrected chi connectivity index (χ4v) is 4.96. The highest BCUT2D eigenvalue weighted by Crippen LogP contribution is 2.44. The molecule has 4 heterocycles. The number of esters is 1. The first-order valence-electron chi connectivity index (χ1n) is 10.2. The Balaban J connectivity index is 1.53. The molecule has 3 saturated heterocycles. The summed E-state index contributed by atoms with van der Waals surface area (Å²) >= 11 is 0. The van der Waals surface area contributed by atoms with Crippen LogP contribution in [-0.2, 0) is 4.74 Å². The molecular formula is C20H22FN7O5. The first-order chi connectivity index (χ1) is 15.6. The quantitative estimate of drug-likeness (QED) is 0.194. The monoisotopic (exact) mass is 459 g/mol. The number of rotatable bonds is 3. The van der Waals surface area contributed by atoms with Crippen molar-refractivity contribution in [2.24, 2.45) is 0 Å². The molecule has 12 nitrogen and oxygen atoms in total. The fourth-order valence-electron chi connectivity index (χ4n) is 4.96. The zero-order valence-corrected chi connectivity index (χ0v) is 17.4. The summed E-state index contributed by atoms with van der Waals surface area (Å²) in [6.45, 7) is 0.902. The number of aromatic nitrogens is 1. The van der Waals surface area contributed by atoms with Crippen LogP contribution >= 0.6 is 0 Å². The van der Waals surface area contributed by atoms with Gasteiger partial charge in [0, 0.05) is 11.1 Å². The summed E-state index contributed by atoms with van der Waals surface area (Å²) in [6, 6.07) is 3.44. The van der Waals surface area contributed by atoms with E-state index in [0.717, 1.165) is 6.07 Å². The highest BCUT2D eigenvalue weighted by molar-refractivity contribution is 6.03. The minimum atomic E-state index is -2.77. The topological polar surface area (TPSA) is 187 Å². The Hall–Kier alpha value is -3.55. The van der Waals surface area contributed by atoms with Crippen LogP contribution in [0.5, 0.6) is 0 Å². The summed E-state index contributed by atoms with van der Waals surface area (Å²) < 4.78 is 19.4. The molecule has 8 N–H and O–H groups in total. The van der Waals surface area contributed by atoms with Gasteiger partial charge in [-0.05, 0) is 31.2 Å². The number of hydrogen-bond acceptors (Lipinski definition) is 8. The molecule has 3 aliphatic heterocycles. The molecular weight excluding hydrogens is 437 g/mol. The van der Waals surface area contributed by atoms with Gasteiger partial charge in [-0.2, -0.15) is 0 Å². The molecule has 1 spiro atoms. The number of aliphatic hydroxyl groups is 3. The van der Waals surface area contributed by atoms with Crippen LogP contribution < -0.4 is 16.0 Å². The molecule has 0 aliphatic carbocycles. The van der Waals surface area contributed by atoms with Gasteiger partial charge in [0.25, 0.3) is 0 Å². The second kappa shape index (κ2) is 6.97. The van der Waals surface area contributed by atoms with E-state index in [1.54, 1.807) is 6.92 Å². The van der Waals surface area contributed by atoms with Gasteiger partial charge in [0.05, 0.1) is 36.3 Å². The van der Waals surface area contributed by atoms with Crippen LogP contribution in [0.15, 0.2) is 24.3 Å². The number of ether oxygens (including phenoxy) is 1. The van der Waals surface area contributed by atoms with Crippen LogP contribution in [0.2, 0.25) is 0 Å². The first kappa shape index (κ1) is 21.3. The van der Waals surface area contributed by atoms with Crippen LogP contribution in [0.25, 0.3) is 10.9 Å². The van der Waals surface area contributed by atoms with Crippen LogP contribution in [-0.4, -0.2) is 85.9 Å². The first-order valence-corrected chi connectivity index (χ1v) is 10.2. The maximum atomic E-state index is 13.9. The molecule has 0 radical (unpaired) electrons. The SMILES string of the molecule is Cc1cc(C(=O)O[C@H]2CN3C(=N)N[C@@H](CO)[C@@H]4NC(=N)N[C@@]43C2(O)O)c2cc(F)ccc2n1. The van der Waals surface area contributed by atoms with E-state index in [2.05, 4.69) is 20.9 Å². The molecule has 5 rings (SSSR count). The van der Waals surface area contributed by atoms with Crippen LogP contribution in [0.3, 0.4) is 0 Å². The average Bonchev–Trinajstić information content (AvgIpc) is 3.22. The summed E-state index contributed by atoms with van der Waals surface area (Å²) in [7, 11) is 0. The number of guanidine groups is 2. The number of fused-ring (bicyclic) bond motifs is 1. The third kappa shape index (κ3) is 2.86. The lowest BCUT2D eigenvalue weighted by atomic mass is 9.85. The van der Waals surface area contributed by atoms with Crippen molar-refractivity contribution < 1.29 is 29.2 Å². The molecule has 4 atom stereocenters. The zero-order chi connectivity index (χ0) is 23.7. The van der Waals surface area contributed by atoms with E-state index >= 15 is 0 Å². The Morgan fingerprint density at radius 3 is 2.82 bits per heavy atom. The third-order valence-electron chi connectivity index (χ3n) is 6.41. The lowest BCUT2D eigenvalue weighted by Crippen LogP contribution is -2.80. The van der Waals surface area contributed by atoms with Crippen molar-refractivity contribution in [3.63, 3.8) is 0 Å². The maximum absolute atomic E-state index is 13.9. The highest BCUT2D eigenvalue weighted by Gasteiger charge is 2.75. The van der Waals surface area contributed by atoms with E-state index in [1.165, 1.54) is 23.1 Å². The van der Waals surface area contributed by atoms with Crippen molar-refractivity contribution >= 4 is 28.8 Å². The summed E-state index contributed by atoms with van der Waals surface area (Å²) in [4.78, 5) is 18.6. The van der Waals surface area contributed by atoms with Crippen molar-refractivity contribution in [3.8, 4) is 0 Å². The normalized spacial score (nSPS) is 29.7. The van der Waals surface area contributed by atoms with Gasteiger partial charge in [0.15, 0.2) is 23.7 Å². The van der Waals surface area contributed by atoms with E-state index in [1.807, 2.05) is 0 Å². The Bertz CT molecular complexity index is 1210. The molecule has 0 saturated carbocycles. The van der Waals surface area contributed by atoms with Crippen molar-refractivity contribution in [3.05, 3.63) is 41.3 Å². The Labute approximate surface area is 186 Å². The Morgan fingerprint density at radius 1 is 1.33 bits per heavy atom. The molecule has 3 aliphatic rings. The number of carbonyl (C=O) groups is 1. The molecule has 3 fully saturated rings. The predicted octanol–water partition coefficient (Wildman–Crippen LogP) is -1.70. The van der Waals surface area contributed by atoms with Crippen LogP contribution in [0, 0.1) is 23.6 Å². The van der Waals surface area contributed by atoms with Crippen LogP contribution in [0.4, 0.5) is 4.39 Å². The number of nitrogens with zero attached hydrogens (tertiary/aromatic N) is 2. The van der Waals surface area contributed by atoms with Gasteiger partial charge in [0.2, 0.25) is 5.79 Å². The lowest BCUT2D eigenvalue weighted by molar-refractivity contribution is -0.258. The van der Waals surface area contributed by atoms with Crippen molar-refractivity contribution in [2.45, 2.75) is 36.6 Å². The van der Waals surface area contributed by atoms with Gasteiger partial charge in [0.1, 0.15) is 5.82 Å². The smallest absolute Gasteiger partial charge is 0.339 e. The molecule has 0 amide bonds. The molecule has 1 aromatic carbocycles. The van der Waals surface area contributed by atoms with E-state index in [4.69, 9.17) is 15.6 Å². The number of nitrogens with one attached hydrogen (secondary N) is 5. The summed E-state index contributed by atoms with van der Waals surface area (Å²) in [6.07, 6.45) is -1.55. The number of aryl methyl sites for hydroxylation is 1. The van der Waals surface area contributed by atoms with E-state index in [-0.39, 0.29) is 29.4 Å². The molecule has 2 aromatic rings.